The highest BCUT2D eigenvalue weighted by Crippen LogP contribution is 2.22. The van der Waals surface area contributed by atoms with Crippen LogP contribution in [0.5, 0.6) is 0 Å². The zero-order chi connectivity index (χ0) is 14.4. The fourth-order valence-electron chi connectivity index (χ4n) is 1.33. The summed E-state index contributed by atoms with van der Waals surface area (Å²) in [6.07, 6.45) is 0. The van der Waals surface area contributed by atoms with Crippen LogP contribution in [0.3, 0.4) is 0 Å². The van der Waals surface area contributed by atoms with E-state index < -0.39 is 11.8 Å². The number of carbonyl (C=O) groups is 2. The lowest BCUT2D eigenvalue weighted by atomic mass is 10.2. The summed E-state index contributed by atoms with van der Waals surface area (Å²) in [6.45, 7) is 3.81. The van der Waals surface area contributed by atoms with Crippen molar-refractivity contribution in [2.24, 2.45) is 5.92 Å². The Morgan fingerprint density at radius 1 is 1.37 bits per heavy atom. The maximum absolute atomic E-state index is 11.6. The van der Waals surface area contributed by atoms with Gasteiger partial charge in [-0.3, -0.25) is 9.59 Å². The van der Waals surface area contributed by atoms with Gasteiger partial charge < -0.3 is 15.7 Å². The lowest BCUT2D eigenvalue weighted by molar-refractivity contribution is -0.136. The molecule has 1 atom stereocenters. The highest BCUT2D eigenvalue weighted by Gasteiger charge is 2.15. The van der Waals surface area contributed by atoms with Gasteiger partial charge in [0.15, 0.2) is 0 Å². The molecule has 0 aliphatic heterocycles. The molecule has 0 spiro atoms. The first-order chi connectivity index (χ1) is 8.93. The maximum Gasteiger partial charge on any atom is 0.313 e. The summed E-state index contributed by atoms with van der Waals surface area (Å²) in [7, 11) is 0. The molecule has 5 nitrogen and oxygen atoms in total. The smallest absolute Gasteiger partial charge is 0.313 e. The number of anilines is 1. The fraction of sp³-hybridized carbons (Fsp3) is 0.385. The lowest BCUT2D eigenvalue weighted by Gasteiger charge is -2.10. The Morgan fingerprint density at radius 2 is 2.05 bits per heavy atom. The highest BCUT2D eigenvalue weighted by atomic mass is 35.5. The van der Waals surface area contributed by atoms with Gasteiger partial charge in [0.25, 0.3) is 0 Å². The summed E-state index contributed by atoms with van der Waals surface area (Å²) in [5.74, 6) is -1.63. The van der Waals surface area contributed by atoms with Gasteiger partial charge in [0.05, 0.1) is 10.7 Å². The van der Waals surface area contributed by atoms with Gasteiger partial charge in [-0.2, -0.15) is 0 Å². The second kappa shape index (κ2) is 7.11. The van der Waals surface area contributed by atoms with Crippen molar-refractivity contribution in [1.29, 1.82) is 0 Å². The third-order valence-electron chi connectivity index (χ3n) is 2.50. The number of benzene rings is 1. The molecule has 6 heteroatoms. The standard InChI is InChI=1S/C13H17ClN2O3/c1-8-3-4-10(14)11(5-8)16-13(19)12(18)15-6-9(2)7-17/h3-5,9,17H,6-7H2,1-2H3,(H,15,18)(H,16,19). The summed E-state index contributed by atoms with van der Waals surface area (Å²) in [4.78, 5) is 23.1. The van der Waals surface area contributed by atoms with Crippen LogP contribution in [0.1, 0.15) is 12.5 Å². The largest absolute Gasteiger partial charge is 0.396 e. The number of hydrogen-bond acceptors (Lipinski definition) is 3. The summed E-state index contributed by atoms with van der Waals surface area (Å²) < 4.78 is 0. The van der Waals surface area contributed by atoms with E-state index in [0.717, 1.165) is 5.56 Å². The van der Waals surface area contributed by atoms with Gasteiger partial charge in [-0.25, -0.2) is 0 Å². The Morgan fingerprint density at radius 3 is 2.68 bits per heavy atom. The Labute approximate surface area is 117 Å². The first-order valence-electron chi connectivity index (χ1n) is 5.90. The van der Waals surface area contributed by atoms with Crippen molar-refractivity contribution in [3.63, 3.8) is 0 Å². The van der Waals surface area contributed by atoms with Gasteiger partial charge in [0.2, 0.25) is 0 Å². The molecule has 3 N–H and O–H groups in total. The van der Waals surface area contributed by atoms with Crippen molar-refractivity contribution >= 4 is 29.1 Å². The second-order valence-electron chi connectivity index (χ2n) is 4.44. The van der Waals surface area contributed by atoms with Crippen molar-refractivity contribution in [2.45, 2.75) is 13.8 Å². The molecule has 2 amide bonds. The molecule has 0 aromatic heterocycles. The number of halogens is 1. The molecule has 0 fully saturated rings. The average Bonchev–Trinajstić information content (AvgIpc) is 2.39. The van der Waals surface area contributed by atoms with Crippen molar-refractivity contribution in [3.8, 4) is 0 Å². The molecule has 0 bridgehead atoms. The number of aliphatic hydroxyl groups excluding tert-OH is 1. The summed E-state index contributed by atoms with van der Waals surface area (Å²) in [5, 5.41) is 14.1. The number of aryl methyl sites for hydroxylation is 1. The van der Waals surface area contributed by atoms with E-state index in [1.165, 1.54) is 0 Å². The number of carbonyl (C=O) groups excluding carboxylic acids is 2. The normalized spacial score (nSPS) is 11.8. The van der Waals surface area contributed by atoms with E-state index in [2.05, 4.69) is 10.6 Å². The third kappa shape index (κ3) is 4.89. The molecule has 0 aliphatic carbocycles. The number of hydrogen-bond donors (Lipinski definition) is 3. The predicted octanol–water partition coefficient (Wildman–Crippen LogP) is 1.33. The lowest BCUT2D eigenvalue weighted by Crippen LogP contribution is -2.38. The third-order valence-corrected chi connectivity index (χ3v) is 2.83. The van der Waals surface area contributed by atoms with Gasteiger partial charge in [0.1, 0.15) is 0 Å². The van der Waals surface area contributed by atoms with Crippen LogP contribution in [0.15, 0.2) is 18.2 Å². The molecule has 0 heterocycles. The number of aliphatic hydroxyl groups is 1. The van der Waals surface area contributed by atoms with Crippen LogP contribution in [0.25, 0.3) is 0 Å². The van der Waals surface area contributed by atoms with E-state index in [4.69, 9.17) is 16.7 Å². The molecule has 19 heavy (non-hydrogen) atoms. The van der Waals surface area contributed by atoms with Crippen molar-refractivity contribution < 1.29 is 14.7 Å². The summed E-state index contributed by atoms with van der Waals surface area (Å²) >= 11 is 5.92. The molecule has 1 unspecified atom stereocenters. The van der Waals surface area contributed by atoms with E-state index in [9.17, 15) is 9.59 Å². The molecule has 0 radical (unpaired) electrons. The second-order valence-corrected chi connectivity index (χ2v) is 4.84. The van der Waals surface area contributed by atoms with Gasteiger partial charge in [-0.05, 0) is 30.5 Å². The predicted molar refractivity (Wildman–Crippen MR) is 74.1 cm³/mol. The number of rotatable bonds is 4. The van der Waals surface area contributed by atoms with E-state index in [0.29, 0.717) is 10.7 Å². The zero-order valence-electron chi connectivity index (χ0n) is 10.9. The quantitative estimate of drug-likeness (QED) is 0.730. The van der Waals surface area contributed by atoms with Crippen LogP contribution in [0.2, 0.25) is 5.02 Å². The molecule has 104 valence electrons. The molecule has 0 saturated heterocycles. The first-order valence-corrected chi connectivity index (χ1v) is 6.28. The molecule has 0 saturated carbocycles. The van der Waals surface area contributed by atoms with E-state index in [1.54, 1.807) is 25.1 Å². The van der Waals surface area contributed by atoms with Gasteiger partial charge in [-0.1, -0.05) is 24.6 Å². The fourth-order valence-corrected chi connectivity index (χ4v) is 1.49. The minimum Gasteiger partial charge on any atom is -0.396 e. The van der Waals surface area contributed by atoms with E-state index in [-0.39, 0.29) is 19.1 Å². The minimum atomic E-state index is -0.780. The Balaban J connectivity index is 2.59. The summed E-state index contributed by atoms with van der Waals surface area (Å²) in [5.41, 5.74) is 1.33. The molecular formula is C13H17ClN2O3. The van der Waals surface area contributed by atoms with Gasteiger partial charge in [0, 0.05) is 13.2 Å². The Hall–Kier alpha value is -1.59. The topological polar surface area (TPSA) is 78.4 Å². The number of amides is 2. The Kier molecular flexibility index (Phi) is 5.79. The van der Waals surface area contributed by atoms with Crippen molar-refractivity contribution in [1.82, 2.24) is 5.32 Å². The number of nitrogens with one attached hydrogen (secondary N) is 2. The van der Waals surface area contributed by atoms with Crippen LogP contribution < -0.4 is 10.6 Å². The maximum atomic E-state index is 11.6. The van der Waals surface area contributed by atoms with Crippen molar-refractivity contribution in [3.05, 3.63) is 28.8 Å². The van der Waals surface area contributed by atoms with Crippen LogP contribution >= 0.6 is 11.6 Å². The molecule has 1 aromatic rings. The zero-order valence-corrected chi connectivity index (χ0v) is 11.6. The SMILES string of the molecule is Cc1ccc(Cl)c(NC(=O)C(=O)NCC(C)CO)c1. The summed E-state index contributed by atoms with van der Waals surface area (Å²) in [6, 6.07) is 5.14. The Bertz CT molecular complexity index is 477. The van der Waals surface area contributed by atoms with Crippen molar-refractivity contribution in [2.75, 3.05) is 18.5 Å². The van der Waals surface area contributed by atoms with Crippen LogP contribution in [-0.4, -0.2) is 30.1 Å². The van der Waals surface area contributed by atoms with Crippen LogP contribution in [-0.2, 0) is 9.59 Å². The molecule has 1 aromatic carbocycles. The van der Waals surface area contributed by atoms with E-state index in [1.807, 2.05) is 6.92 Å². The average molecular weight is 285 g/mol. The first kappa shape index (κ1) is 15.5. The highest BCUT2D eigenvalue weighted by molar-refractivity contribution is 6.41. The van der Waals surface area contributed by atoms with Crippen LogP contribution in [0, 0.1) is 12.8 Å². The molecule has 1 rings (SSSR count). The molecular weight excluding hydrogens is 268 g/mol. The van der Waals surface area contributed by atoms with Crippen LogP contribution in [0.4, 0.5) is 5.69 Å². The molecule has 0 aliphatic rings. The minimum absolute atomic E-state index is 0.0500. The monoisotopic (exact) mass is 284 g/mol. The van der Waals surface area contributed by atoms with Gasteiger partial charge >= 0.3 is 11.8 Å². The van der Waals surface area contributed by atoms with E-state index >= 15 is 0 Å². The van der Waals surface area contributed by atoms with Gasteiger partial charge in [-0.15, -0.1) is 0 Å².